The topological polar surface area (TPSA) is 114 Å². The van der Waals surface area contributed by atoms with Crippen molar-refractivity contribution in [1.82, 2.24) is 14.9 Å². The molecule has 4 aliphatic rings. The first-order valence-electron chi connectivity index (χ1n) is 13.0. The van der Waals surface area contributed by atoms with E-state index in [4.69, 9.17) is 14.8 Å². The molecule has 0 unspecified atom stereocenters. The molecule has 9 heteroatoms. The van der Waals surface area contributed by atoms with E-state index in [1.54, 1.807) is 17.6 Å². The fourth-order valence-electron chi connectivity index (χ4n) is 5.54. The second-order valence-electron chi connectivity index (χ2n) is 9.70. The summed E-state index contributed by atoms with van der Waals surface area (Å²) in [4.78, 5) is 29.6. The number of ether oxygens (including phenoxy) is 1. The maximum Gasteiger partial charge on any atom is 0.340 e. The number of hydrogen-bond donors (Lipinski definition) is 3. The molecule has 2 aromatic heterocycles. The Hall–Kier alpha value is -3.14. The van der Waals surface area contributed by atoms with E-state index in [0.29, 0.717) is 47.1 Å². The number of carbonyl (C=O) groups is 1. The van der Waals surface area contributed by atoms with Gasteiger partial charge in [-0.05, 0) is 48.9 Å². The first-order chi connectivity index (χ1) is 17.9. The van der Waals surface area contributed by atoms with Gasteiger partial charge in [0.2, 0.25) is 0 Å². The van der Waals surface area contributed by atoms with Gasteiger partial charge in [-0.25, -0.2) is 14.2 Å². The minimum atomic E-state index is -1.48. The van der Waals surface area contributed by atoms with Crippen LogP contribution >= 0.6 is 0 Å². The normalized spacial score (nSPS) is 18.9. The molecule has 0 spiro atoms. The molecule has 0 radical (unpaired) electrons. The lowest BCUT2D eigenvalue weighted by Gasteiger charge is -2.24. The molecule has 1 atom stereocenters. The number of aliphatic hydroxyl groups excluding tert-OH is 2. The van der Waals surface area contributed by atoms with Crippen LogP contribution in [0.1, 0.15) is 59.8 Å². The lowest BCUT2D eigenvalue weighted by Crippen LogP contribution is -2.43. The Kier molecular flexibility index (Phi) is 6.87. The van der Waals surface area contributed by atoms with Crippen molar-refractivity contribution in [1.29, 1.82) is 0 Å². The zero-order valence-corrected chi connectivity index (χ0v) is 21.4. The van der Waals surface area contributed by atoms with Gasteiger partial charge in [-0.2, -0.15) is 0 Å². The van der Waals surface area contributed by atoms with Gasteiger partial charge in [0, 0.05) is 48.2 Å². The highest BCUT2D eigenvalue weighted by Crippen LogP contribution is 2.41. The fourth-order valence-corrected chi connectivity index (χ4v) is 5.54. The van der Waals surface area contributed by atoms with Crippen molar-refractivity contribution in [2.24, 2.45) is 5.92 Å². The molecule has 1 aromatic carbocycles. The maximum absolute atomic E-state index is 14.5. The summed E-state index contributed by atoms with van der Waals surface area (Å²) in [6.45, 7) is 8.42. The Morgan fingerprint density at radius 1 is 1.14 bits per heavy atom. The van der Waals surface area contributed by atoms with Crippen LogP contribution in [0.3, 0.4) is 0 Å². The van der Waals surface area contributed by atoms with E-state index in [0.717, 1.165) is 54.4 Å². The zero-order chi connectivity index (χ0) is 26.4. The minimum Gasteiger partial charge on any atom is -0.458 e. The van der Waals surface area contributed by atoms with Crippen molar-refractivity contribution < 1.29 is 24.1 Å². The van der Waals surface area contributed by atoms with Crippen molar-refractivity contribution in [3.05, 3.63) is 61.7 Å². The van der Waals surface area contributed by atoms with Gasteiger partial charge in [-0.1, -0.05) is 13.8 Å². The third-order valence-corrected chi connectivity index (χ3v) is 7.66. The molecule has 1 aliphatic carbocycles. The Labute approximate surface area is 214 Å². The average molecular weight is 510 g/mol. The van der Waals surface area contributed by atoms with Gasteiger partial charge in [0.25, 0.3) is 5.56 Å². The van der Waals surface area contributed by atoms with Crippen molar-refractivity contribution in [2.75, 3.05) is 19.7 Å². The van der Waals surface area contributed by atoms with Crippen LogP contribution in [-0.2, 0) is 35.5 Å². The number of cyclic esters (lactones) is 1. The van der Waals surface area contributed by atoms with Crippen molar-refractivity contribution in [3.63, 3.8) is 0 Å². The summed E-state index contributed by atoms with van der Waals surface area (Å²) in [5, 5.41) is 22.6. The lowest BCUT2D eigenvalue weighted by molar-refractivity contribution is -0.157. The number of aryl methyl sites for hydroxylation is 2. The molecule has 3 aliphatic heterocycles. The van der Waals surface area contributed by atoms with Gasteiger partial charge in [-0.3, -0.25) is 4.79 Å². The van der Waals surface area contributed by atoms with E-state index < -0.39 is 12.1 Å². The standard InChI is InChI=1S/C22H17FN2O4.C4H9NO.C2H6/c1-9-10-3-2-4-11-13-7-25-17(19(13)24-16(18(10)11)6-15(9)23)5-12-14(21(25)27)8-29-22(28)20(12)26;6-3-4-1-5-2-4;1-2/h5-6,20,26H,2-4,7-8H2,1H3;4-6H,1-3H2;1-2H3/t20-;;/m0../s1. The summed E-state index contributed by atoms with van der Waals surface area (Å²) in [7, 11) is 0. The third-order valence-electron chi connectivity index (χ3n) is 7.66. The summed E-state index contributed by atoms with van der Waals surface area (Å²) < 4.78 is 21.1. The second-order valence-corrected chi connectivity index (χ2v) is 9.70. The predicted molar refractivity (Wildman–Crippen MR) is 137 cm³/mol. The van der Waals surface area contributed by atoms with Gasteiger partial charge < -0.3 is 24.8 Å². The largest absolute Gasteiger partial charge is 0.458 e. The Balaban J connectivity index is 0.000000306. The number of esters is 1. The molecule has 3 aromatic rings. The number of aromatic nitrogens is 2. The van der Waals surface area contributed by atoms with E-state index in [2.05, 4.69) is 5.32 Å². The quantitative estimate of drug-likeness (QED) is 0.338. The summed E-state index contributed by atoms with van der Waals surface area (Å²) in [6, 6.07) is 3.13. The Morgan fingerprint density at radius 2 is 1.86 bits per heavy atom. The maximum atomic E-state index is 14.5. The molecule has 7 rings (SSSR count). The molecular formula is C28H32FN3O5. The number of fused-ring (bicyclic) bond motifs is 5. The Bertz CT molecular complexity index is 1460. The number of aliphatic hydroxyl groups is 2. The summed E-state index contributed by atoms with van der Waals surface area (Å²) >= 11 is 0. The fraction of sp³-hybridized carbons (Fsp3) is 0.464. The number of benzene rings is 1. The molecule has 1 saturated heterocycles. The smallest absolute Gasteiger partial charge is 0.340 e. The van der Waals surface area contributed by atoms with Crippen molar-refractivity contribution in [2.45, 2.75) is 59.3 Å². The lowest BCUT2D eigenvalue weighted by atomic mass is 9.85. The first kappa shape index (κ1) is 25.5. The SMILES string of the molecule is CC.Cc1c(F)cc2nc3c(c4c2c1CCC4)Cn1c-3cc2c(c1=O)COC(=O)[C@H]2O.OCC1CNC1. The molecule has 0 amide bonds. The number of nitrogens with zero attached hydrogens (tertiary/aromatic N) is 2. The number of hydrogen-bond acceptors (Lipinski definition) is 7. The third kappa shape index (κ3) is 4.05. The molecule has 0 bridgehead atoms. The minimum absolute atomic E-state index is 0.141. The molecule has 5 heterocycles. The molecule has 37 heavy (non-hydrogen) atoms. The summed E-state index contributed by atoms with van der Waals surface area (Å²) in [5.74, 6) is -0.472. The van der Waals surface area contributed by atoms with Crippen LogP contribution in [0.25, 0.3) is 22.3 Å². The average Bonchev–Trinajstić information content (AvgIpc) is 3.25. The van der Waals surface area contributed by atoms with Crippen LogP contribution in [0.5, 0.6) is 0 Å². The van der Waals surface area contributed by atoms with E-state index >= 15 is 0 Å². The van der Waals surface area contributed by atoms with Crippen LogP contribution < -0.4 is 10.9 Å². The van der Waals surface area contributed by atoms with Crippen molar-refractivity contribution >= 4 is 16.9 Å². The Morgan fingerprint density at radius 3 is 2.51 bits per heavy atom. The van der Waals surface area contributed by atoms with Crippen molar-refractivity contribution in [3.8, 4) is 11.4 Å². The molecule has 8 nitrogen and oxygen atoms in total. The van der Waals surface area contributed by atoms with Crippen LogP contribution in [-0.4, -0.2) is 45.4 Å². The van der Waals surface area contributed by atoms with Crippen LogP contribution in [0.4, 0.5) is 4.39 Å². The molecule has 196 valence electrons. The number of halogens is 1. The van der Waals surface area contributed by atoms with Gasteiger partial charge in [-0.15, -0.1) is 0 Å². The summed E-state index contributed by atoms with van der Waals surface area (Å²) in [6.07, 6.45) is 1.12. The highest BCUT2D eigenvalue weighted by molar-refractivity contribution is 5.92. The van der Waals surface area contributed by atoms with Crippen LogP contribution in [0.15, 0.2) is 16.9 Å². The van der Waals surface area contributed by atoms with Crippen LogP contribution in [0, 0.1) is 18.7 Å². The predicted octanol–water partition coefficient (Wildman–Crippen LogP) is 2.68. The summed E-state index contributed by atoms with van der Waals surface area (Å²) in [5.41, 5.74) is 5.86. The highest BCUT2D eigenvalue weighted by Gasteiger charge is 2.35. The molecule has 0 saturated carbocycles. The van der Waals surface area contributed by atoms with E-state index in [9.17, 15) is 19.1 Å². The second kappa shape index (κ2) is 9.96. The number of carbonyl (C=O) groups excluding carboxylic acids is 1. The van der Waals surface area contributed by atoms with Gasteiger partial charge in [0.15, 0.2) is 6.10 Å². The van der Waals surface area contributed by atoms with E-state index in [1.165, 1.54) is 6.07 Å². The molecular weight excluding hydrogens is 477 g/mol. The zero-order valence-electron chi connectivity index (χ0n) is 21.4. The van der Waals surface area contributed by atoms with Gasteiger partial charge >= 0.3 is 5.97 Å². The monoisotopic (exact) mass is 509 g/mol. The van der Waals surface area contributed by atoms with E-state index in [-0.39, 0.29) is 23.5 Å². The number of pyridine rings is 2. The highest BCUT2D eigenvalue weighted by atomic mass is 19.1. The molecule has 3 N–H and O–H groups in total. The number of rotatable bonds is 1. The first-order valence-corrected chi connectivity index (χ1v) is 13.0. The molecule has 1 fully saturated rings. The van der Waals surface area contributed by atoms with Crippen LogP contribution in [0.2, 0.25) is 0 Å². The number of nitrogens with one attached hydrogen (secondary N) is 1. The van der Waals surface area contributed by atoms with Gasteiger partial charge in [0.05, 0.1) is 29.0 Å². The van der Waals surface area contributed by atoms with E-state index in [1.807, 2.05) is 13.8 Å². The van der Waals surface area contributed by atoms with Gasteiger partial charge in [0.1, 0.15) is 12.4 Å².